The van der Waals surface area contributed by atoms with Crippen LogP contribution in [0.25, 0.3) is 0 Å². The molecule has 1 rings (SSSR count). The first-order chi connectivity index (χ1) is 12.9. The van der Waals surface area contributed by atoms with Crippen LogP contribution in [0, 0.1) is 0 Å². The normalized spacial score (nSPS) is 24.0. The van der Waals surface area contributed by atoms with Crippen LogP contribution in [0.15, 0.2) is 0 Å². The minimum absolute atomic E-state index is 0.427. The summed E-state index contributed by atoms with van der Waals surface area (Å²) in [5.41, 5.74) is 0. The number of hydrogen-bond donors (Lipinski definition) is 0. The Labute approximate surface area is 191 Å². The Morgan fingerprint density at radius 1 is 0.533 bits per heavy atom. The topological polar surface area (TPSA) is 13.0 Å². The summed E-state index contributed by atoms with van der Waals surface area (Å²) in [6, 6.07) is 0. The number of rotatable bonds is 4. The maximum Gasteiger partial charge on any atom is 0.337 e. The summed E-state index contributed by atoms with van der Waals surface area (Å²) in [5.74, 6) is 0. The van der Waals surface area contributed by atoms with E-state index in [-0.39, 0.29) is 0 Å². The van der Waals surface area contributed by atoms with Gasteiger partial charge in [-0.2, -0.15) is 0 Å². The summed E-state index contributed by atoms with van der Waals surface area (Å²) < 4.78 is 42.5. The van der Waals surface area contributed by atoms with Crippen molar-refractivity contribution in [1.82, 2.24) is 17.6 Å². The van der Waals surface area contributed by atoms with Crippen molar-refractivity contribution in [1.29, 1.82) is 0 Å². The van der Waals surface area contributed by atoms with Crippen LogP contribution in [0.4, 0.5) is 8.22 Å². The highest BCUT2D eigenvalue weighted by Gasteiger charge is 2.67. The summed E-state index contributed by atoms with van der Waals surface area (Å²) in [4.78, 5) is 0. The third-order valence-electron chi connectivity index (χ3n) is 6.44. The van der Waals surface area contributed by atoms with E-state index in [0.29, 0.717) is 0 Å². The van der Waals surface area contributed by atoms with E-state index in [0.717, 1.165) is 0 Å². The van der Waals surface area contributed by atoms with Crippen LogP contribution >= 0.6 is 16.7 Å². The molecule has 10 heteroatoms. The molecule has 0 radical (unpaired) electrons. The highest BCUT2D eigenvalue weighted by Crippen LogP contribution is 2.80. The minimum atomic E-state index is -3.37. The van der Waals surface area contributed by atoms with Crippen LogP contribution in [-0.2, 0) is 0 Å². The Bertz CT molecular complexity index is 536. The average molecular weight is 501 g/mol. The summed E-state index contributed by atoms with van der Waals surface area (Å²) in [5, 5.41) is -1.71. The number of nitrogens with zero attached hydrogens (tertiary/aromatic N) is 4. The maximum atomic E-state index is 16.9. The van der Waals surface area contributed by atoms with Gasteiger partial charge in [-0.25, -0.2) is 8.88 Å². The van der Waals surface area contributed by atoms with Crippen molar-refractivity contribution in [2.45, 2.75) is 103 Å². The summed E-state index contributed by atoms with van der Waals surface area (Å²) in [6.45, 7) is 24.4. The SMILES string of the molecule is CN1P(N(C)[Si](F)(C(C)(C)C)C(C)(C)C)N(C)P1N(C)[Si](F)(C(C)(C)C)C(C)(C)C. The second-order valence-electron chi connectivity index (χ2n) is 12.8. The molecule has 1 fully saturated rings. The lowest BCUT2D eigenvalue weighted by Crippen LogP contribution is -2.65. The molecule has 180 valence electrons. The third-order valence-corrected chi connectivity index (χ3v) is 24.0. The molecule has 0 N–H and O–H groups in total. The van der Waals surface area contributed by atoms with E-state index in [9.17, 15) is 0 Å². The highest BCUT2D eigenvalue weighted by molar-refractivity contribution is 7.81. The molecule has 30 heavy (non-hydrogen) atoms. The molecule has 0 amide bonds. The molecule has 0 aromatic heterocycles. The van der Waals surface area contributed by atoms with Gasteiger partial charge in [-0.3, -0.25) is 16.9 Å². The average Bonchev–Trinajstić information content (AvgIpc) is 2.48. The smallest absolute Gasteiger partial charge is 0.291 e. The first-order valence-electron chi connectivity index (χ1n) is 10.8. The molecule has 0 atom stereocenters. The molecule has 0 bridgehead atoms. The van der Waals surface area contributed by atoms with E-state index < -0.39 is 54.0 Å². The van der Waals surface area contributed by atoms with Gasteiger partial charge in [-0.05, 0) is 48.3 Å². The van der Waals surface area contributed by atoms with Gasteiger partial charge < -0.3 is 0 Å². The van der Waals surface area contributed by atoms with Crippen LogP contribution in [-0.4, -0.2) is 62.9 Å². The zero-order valence-electron chi connectivity index (χ0n) is 22.4. The predicted octanol–water partition coefficient (Wildman–Crippen LogP) is 8.20. The number of halogens is 2. The maximum absolute atomic E-state index is 16.9. The van der Waals surface area contributed by atoms with Crippen LogP contribution in [0.1, 0.15) is 83.1 Å². The van der Waals surface area contributed by atoms with Gasteiger partial charge in [0.1, 0.15) is 16.7 Å². The van der Waals surface area contributed by atoms with Gasteiger partial charge in [0.2, 0.25) is 0 Å². The fraction of sp³-hybridized carbons (Fsp3) is 1.00. The van der Waals surface area contributed by atoms with Gasteiger partial charge in [0.05, 0.1) is 0 Å². The van der Waals surface area contributed by atoms with E-state index >= 15 is 8.22 Å². The van der Waals surface area contributed by atoms with E-state index in [2.05, 4.69) is 31.6 Å². The minimum Gasteiger partial charge on any atom is -0.291 e. The monoisotopic (exact) mass is 500 g/mol. The van der Waals surface area contributed by atoms with E-state index in [1.807, 2.05) is 97.2 Å². The molecular weight excluding hydrogens is 452 g/mol. The van der Waals surface area contributed by atoms with Crippen molar-refractivity contribution >= 4 is 33.9 Å². The van der Waals surface area contributed by atoms with Crippen LogP contribution < -0.4 is 0 Å². The second kappa shape index (κ2) is 8.34. The lowest BCUT2D eigenvalue weighted by atomic mass is 10.2. The van der Waals surface area contributed by atoms with Crippen molar-refractivity contribution in [2.75, 3.05) is 28.2 Å². The van der Waals surface area contributed by atoms with Gasteiger partial charge in [-0.15, -0.1) is 0 Å². The molecule has 1 aliphatic rings. The molecule has 0 saturated carbocycles. The Kier molecular flexibility index (Phi) is 8.07. The van der Waals surface area contributed by atoms with Crippen LogP contribution in [0.3, 0.4) is 0 Å². The standard InChI is InChI=1S/C20H48F2N4P2Si2/c1-17(2,3)29(21,18(4,5)6)25(15)27-23(13)28(24(27)14)26(16)30(22,19(7,8)9)20(10,11)12/h1-16H3. The van der Waals surface area contributed by atoms with Gasteiger partial charge in [0, 0.05) is 0 Å². The van der Waals surface area contributed by atoms with Crippen LogP contribution in [0.5, 0.6) is 0 Å². The molecule has 1 saturated heterocycles. The fourth-order valence-electron chi connectivity index (χ4n) is 5.70. The fourth-order valence-corrected chi connectivity index (χ4v) is 28.0. The van der Waals surface area contributed by atoms with E-state index in [4.69, 9.17) is 0 Å². The van der Waals surface area contributed by atoms with Crippen molar-refractivity contribution < 1.29 is 8.22 Å². The molecule has 0 aromatic carbocycles. The van der Waals surface area contributed by atoms with Crippen LogP contribution in [0.2, 0.25) is 20.2 Å². The van der Waals surface area contributed by atoms with Crippen molar-refractivity contribution in [3.05, 3.63) is 0 Å². The lowest BCUT2D eigenvalue weighted by Gasteiger charge is -2.65. The molecule has 0 aromatic rings. The summed E-state index contributed by atoms with van der Waals surface area (Å²) in [7, 11) is -0.613. The van der Waals surface area contributed by atoms with E-state index in [1.165, 1.54) is 0 Å². The lowest BCUT2D eigenvalue weighted by molar-refractivity contribution is 0.404. The van der Waals surface area contributed by atoms with Gasteiger partial charge in [-0.1, -0.05) is 83.1 Å². The van der Waals surface area contributed by atoms with Crippen molar-refractivity contribution in [3.8, 4) is 0 Å². The van der Waals surface area contributed by atoms with Crippen molar-refractivity contribution in [2.24, 2.45) is 0 Å². The molecule has 1 aliphatic heterocycles. The van der Waals surface area contributed by atoms with Gasteiger partial charge in [0.25, 0.3) is 0 Å². The zero-order valence-corrected chi connectivity index (χ0v) is 26.2. The molecule has 0 aliphatic carbocycles. The first kappa shape index (κ1) is 29.0. The third kappa shape index (κ3) is 4.26. The second-order valence-corrected chi connectivity index (χ2v) is 28.7. The van der Waals surface area contributed by atoms with Gasteiger partial charge in [0.15, 0.2) is 0 Å². The zero-order chi connectivity index (χ0) is 24.5. The van der Waals surface area contributed by atoms with Crippen molar-refractivity contribution in [3.63, 3.8) is 0 Å². The van der Waals surface area contributed by atoms with E-state index in [1.54, 1.807) is 0 Å². The largest absolute Gasteiger partial charge is 0.337 e. The molecular formula is C20H48F2N4P2Si2. The predicted molar refractivity (Wildman–Crippen MR) is 137 cm³/mol. The molecule has 4 nitrogen and oxygen atoms in total. The Hall–Kier alpha value is 0.994. The van der Waals surface area contributed by atoms with Gasteiger partial charge >= 0.3 is 17.1 Å². The number of hydrogen-bond acceptors (Lipinski definition) is 4. The summed E-state index contributed by atoms with van der Waals surface area (Å²) in [6.07, 6.45) is 0. The quantitative estimate of drug-likeness (QED) is 0.219. The Morgan fingerprint density at radius 2 is 0.700 bits per heavy atom. The highest BCUT2D eigenvalue weighted by atomic mass is 31.3. The Morgan fingerprint density at radius 3 is 0.833 bits per heavy atom. The molecule has 1 heterocycles. The summed E-state index contributed by atoms with van der Waals surface area (Å²) >= 11 is 0. The first-order valence-corrected chi connectivity index (χ1v) is 16.9. The Balaban J connectivity index is 3.36. The molecule has 0 unspecified atom stereocenters. The molecule has 0 spiro atoms.